The van der Waals surface area contributed by atoms with Crippen LogP contribution in [0.2, 0.25) is 0 Å². The maximum absolute atomic E-state index is 8.76. The fraction of sp³-hybridized carbons (Fsp3) is 0.571. The van der Waals surface area contributed by atoms with E-state index in [2.05, 4.69) is 11.1 Å². The van der Waals surface area contributed by atoms with Gasteiger partial charge < -0.3 is 9.31 Å². The minimum absolute atomic E-state index is 0.298. The summed E-state index contributed by atoms with van der Waals surface area (Å²) in [7, 11) is -0.398. The fourth-order valence-electron chi connectivity index (χ4n) is 1.99. The van der Waals surface area contributed by atoms with E-state index in [0.717, 1.165) is 16.7 Å². The maximum atomic E-state index is 8.76. The predicted molar refractivity (Wildman–Crippen MR) is 74.0 cm³/mol. The smallest absolute Gasteiger partial charge is 0.399 e. The first-order chi connectivity index (χ1) is 8.77. The van der Waals surface area contributed by atoms with Crippen molar-refractivity contribution in [3.63, 3.8) is 0 Å². The van der Waals surface area contributed by atoms with Crippen molar-refractivity contribution in [1.29, 1.82) is 5.26 Å². The van der Waals surface area contributed by atoms with Crippen LogP contribution in [-0.4, -0.2) is 23.3 Å². The molecule has 1 aliphatic rings. The van der Waals surface area contributed by atoms with E-state index in [1.54, 1.807) is 6.20 Å². The van der Waals surface area contributed by atoms with Crippen molar-refractivity contribution in [2.45, 2.75) is 52.2 Å². The van der Waals surface area contributed by atoms with Crippen molar-refractivity contribution in [2.24, 2.45) is 0 Å². The minimum Gasteiger partial charge on any atom is -0.399 e. The van der Waals surface area contributed by atoms with E-state index in [1.165, 1.54) is 0 Å². The molecule has 100 valence electrons. The topological polar surface area (TPSA) is 55.1 Å². The molecule has 0 saturated carbocycles. The van der Waals surface area contributed by atoms with Crippen molar-refractivity contribution < 1.29 is 9.31 Å². The molecule has 1 fully saturated rings. The molecule has 0 radical (unpaired) electrons. The van der Waals surface area contributed by atoms with Crippen LogP contribution in [0.25, 0.3) is 0 Å². The summed E-state index contributed by atoms with van der Waals surface area (Å²) in [6.45, 7) is 10.1. The monoisotopic (exact) mass is 258 g/mol. The highest BCUT2D eigenvalue weighted by atomic mass is 16.7. The Morgan fingerprint density at radius 3 is 2.37 bits per heavy atom. The second-order valence-electron chi connectivity index (χ2n) is 5.96. The number of hydrogen-bond donors (Lipinski definition) is 0. The van der Waals surface area contributed by atoms with Crippen LogP contribution < -0.4 is 5.46 Å². The van der Waals surface area contributed by atoms with E-state index in [0.29, 0.717) is 6.42 Å². The Morgan fingerprint density at radius 1 is 1.26 bits per heavy atom. The van der Waals surface area contributed by atoms with Crippen molar-refractivity contribution >= 4 is 12.6 Å². The molecule has 0 aromatic carbocycles. The Balaban J connectivity index is 2.34. The van der Waals surface area contributed by atoms with Crippen molar-refractivity contribution in [3.05, 3.63) is 23.5 Å². The van der Waals surface area contributed by atoms with E-state index in [1.807, 2.05) is 40.7 Å². The lowest BCUT2D eigenvalue weighted by molar-refractivity contribution is 0.00578. The molecule has 0 bridgehead atoms. The van der Waals surface area contributed by atoms with Gasteiger partial charge in [-0.25, -0.2) is 0 Å². The average molecular weight is 258 g/mol. The van der Waals surface area contributed by atoms with Crippen LogP contribution >= 0.6 is 0 Å². The van der Waals surface area contributed by atoms with Gasteiger partial charge in [-0.1, -0.05) is 0 Å². The highest BCUT2D eigenvalue weighted by molar-refractivity contribution is 6.62. The lowest BCUT2D eigenvalue weighted by Crippen LogP contribution is -2.41. The van der Waals surface area contributed by atoms with Gasteiger partial charge in [0.25, 0.3) is 0 Å². The van der Waals surface area contributed by atoms with Crippen LogP contribution in [0.5, 0.6) is 0 Å². The molecule has 0 N–H and O–H groups in total. The molecule has 0 spiro atoms. The molecule has 19 heavy (non-hydrogen) atoms. The van der Waals surface area contributed by atoms with Gasteiger partial charge in [-0.2, -0.15) is 5.26 Å². The zero-order valence-corrected chi connectivity index (χ0v) is 12.2. The number of rotatable bonds is 2. The molecule has 0 unspecified atom stereocenters. The molecule has 4 nitrogen and oxygen atoms in total. The summed E-state index contributed by atoms with van der Waals surface area (Å²) >= 11 is 0. The highest BCUT2D eigenvalue weighted by Gasteiger charge is 2.52. The molecule has 0 amide bonds. The van der Waals surface area contributed by atoms with Gasteiger partial charge in [0.1, 0.15) is 0 Å². The van der Waals surface area contributed by atoms with Crippen molar-refractivity contribution in [2.75, 3.05) is 0 Å². The van der Waals surface area contributed by atoms with Crippen LogP contribution in [-0.2, 0) is 15.7 Å². The van der Waals surface area contributed by atoms with Gasteiger partial charge in [0.05, 0.1) is 29.4 Å². The number of aryl methyl sites for hydroxylation is 1. The summed E-state index contributed by atoms with van der Waals surface area (Å²) in [4.78, 5) is 4.24. The van der Waals surface area contributed by atoms with E-state index in [4.69, 9.17) is 14.6 Å². The van der Waals surface area contributed by atoms with Crippen molar-refractivity contribution in [3.8, 4) is 6.07 Å². The predicted octanol–water partition coefficient (Wildman–Crippen LogP) is 1.76. The van der Waals surface area contributed by atoms with E-state index >= 15 is 0 Å². The number of hydrogen-bond acceptors (Lipinski definition) is 4. The van der Waals surface area contributed by atoms with Gasteiger partial charge in [0.2, 0.25) is 0 Å². The molecule has 1 aromatic rings. The number of aromatic nitrogens is 1. The first kappa shape index (κ1) is 14.0. The van der Waals surface area contributed by atoms with Gasteiger partial charge in [-0.15, -0.1) is 0 Å². The molecule has 2 rings (SSSR count). The molecule has 1 aliphatic heterocycles. The van der Waals surface area contributed by atoms with Gasteiger partial charge in [-0.3, -0.25) is 4.98 Å². The van der Waals surface area contributed by atoms with Crippen molar-refractivity contribution in [1.82, 2.24) is 4.98 Å². The van der Waals surface area contributed by atoms with Crippen LogP contribution in [0.1, 0.15) is 39.0 Å². The van der Waals surface area contributed by atoms with Crippen LogP contribution in [0.4, 0.5) is 0 Å². The number of nitrogens with zero attached hydrogens (tertiary/aromatic N) is 2. The average Bonchev–Trinajstić information content (AvgIpc) is 2.51. The largest absolute Gasteiger partial charge is 0.495 e. The van der Waals surface area contributed by atoms with Crippen LogP contribution in [0.15, 0.2) is 12.3 Å². The lowest BCUT2D eigenvalue weighted by atomic mass is 9.76. The second-order valence-corrected chi connectivity index (χ2v) is 5.96. The third kappa shape index (κ3) is 2.51. The van der Waals surface area contributed by atoms with Crippen LogP contribution in [0.3, 0.4) is 0 Å². The highest BCUT2D eigenvalue weighted by Crippen LogP contribution is 2.36. The normalized spacial score (nSPS) is 20.3. The summed E-state index contributed by atoms with van der Waals surface area (Å²) in [5.41, 5.74) is 2.00. The first-order valence-corrected chi connectivity index (χ1v) is 6.45. The fourth-order valence-corrected chi connectivity index (χ4v) is 1.99. The van der Waals surface area contributed by atoms with E-state index < -0.39 is 7.12 Å². The number of pyridine rings is 1. The van der Waals surface area contributed by atoms with Gasteiger partial charge in [0, 0.05) is 6.20 Å². The first-order valence-electron chi connectivity index (χ1n) is 6.45. The Hall–Kier alpha value is -1.38. The minimum atomic E-state index is -0.398. The Labute approximate surface area is 114 Å². The molecular weight excluding hydrogens is 239 g/mol. The zero-order valence-electron chi connectivity index (χ0n) is 12.2. The summed E-state index contributed by atoms with van der Waals surface area (Å²) in [6, 6.07) is 4.01. The van der Waals surface area contributed by atoms with Crippen LogP contribution in [0, 0.1) is 18.3 Å². The molecule has 1 aromatic heterocycles. The molecule has 0 aliphatic carbocycles. The van der Waals surface area contributed by atoms with Gasteiger partial charge in [-0.05, 0) is 51.7 Å². The third-order valence-corrected chi connectivity index (χ3v) is 3.97. The quantitative estimate of drug-likeness (QED) is 0.758. The molecular formula is C14H19BN2O2. The Kier molecular flexibility index (Phi) is 3.42. The van der Waals surface area contributed by atoms with Gasteiger partial charge in [0.15, 0.2) is 0 Å². The maximum Gasteiger partial charge on any atom is 0.495 e. The summed E-state index contributed by atoms with van der Waals surface area (Å²) in [6.07, 6.45) is 2.07. The molecule has 1 saturated heterocycles. The Bertz CT molecular complexity index is 519. The Morgan fingerprint density at radius 2 is 1.84 bits per heavy atom. The number of nitriles is 1. The second kappa shape index (κ2) is 4.62. The molecule has 0 atom stereocenters. The summed E-state index contributed by atoms with van der Waals surface area (Å²) in [5.74, 6) is 0. The molecule has 5 heteroatoms. The third-order valence-electron chi connectivity index (χ3n) is 3.97. The lowest BCUT2D eigenvalue weighted by Gasteiger charge is -2.32. The SMILES string of the molecule is Cc1cnc(CC#N)cc1B1OC(C)(C)C(C)(C)O1. The van der Waals surface area contributed by atoms with Gasteiger partial charge >= 0.3 is 7.12 Å². The van der Waals surface area contributed by atoms with E-state index in [-0.39, 0.29) is 11.2 Å². The summed E-state index contributed by atoms with van der Waals surface area (Å²) < 4.78 is 12.1. The summed E-state index contributed by atoms with van der Waals surface area (Å²) in [5, 5.41) is 8.76. The standard InChI is InChI=1S/C14H19BN2O2/c1-10-9-17-11(6-7-16)8-12(10)15-18-13(2,3)14(4,5)19-15/h8-9H,6H2,1-5H3. The van der Waals surface area contributed by atoms with E-state index in [9.17, 15) is 0 Å². The zero-order chi connectivity index (χ0) is 14.3. The molecule has 2 heterocycles.